The van der Waals surface area contributed by atoms with E-state index in [9.17, 15) is 4.79 Å². The Morgan fingerprint density at radius 3 is 3.07 bits per heavy atom. The summed E-state index contributed by atoms with van der Waals surface area (Å²) in [5, 5.41) is 5.92. The Morgan fingerprint density at radius 2 is 2.40 bits per heavy atom. The van der Waals surface area contributed by atoms with E-state index in [1.54, 1.807) is 6.08 Å². The number of rotatable bonds is 6. The van der Waals surface area contributed by atoms with Crippen LogP contribution in [-0.4, -0.2) is 25.5 Å². The quantitative estimate of drug-likeness (QED) is 0.645. The van der Waals surface area contributed by atoms with Gasteiger partial charge in [-0.2, -0.15) is 0 Å². The molecule has 0 aromatic carbocycles. The Labute approximate surface area is 91.6 Å². The molecule has 1 unspecified atom stereocenters. The van der Waals surface area contributed by atoms with Gasteiger partial charge >= 0.3 is 0 Å². The lowest BCUT2D eigenvalue weighted by Crippen LogP contribution is -2.36. The zero-order valence-corrected chi connectivity index (χ0v) is 9.17. The molecule has 1 rings (SSSR count). The first-order valence-corrected chi connectivity index (χ1v) is 5.56. The average Bonchev–Trinajstić information content (AvgIpc) is 2.28. The zero-order chi connectivity index (χ0) is 10.9. The monoisotopic (exact) mass is 208 g/mol. The molecule has 0 spiro atoms. The fourth-order valence-electron chi connectivity index (χ4n) is 1.68. The molecule has 84 valence electrons. The van der Waals surface area contributed by atoms with Crippen molar-refractivity contribution in [2.24, 2.45) is 5.92 Å². The van der Waals surface area contributed by atoms with Gasteiger partial charge < -0.3 is 10.6 Å². The predicted octanol–water partition coefficient (Wildman–Crippen LogP) is 1.23. The molecule has 0 aliphatic heterocycles. The Balaban J connectivity index is 2.02. The van der Waals surface area contributed by atoms with Gasteiger partial charge in [0, 0.05) is 6.54 Å². The van der Waals surface area contributed by atoms with Crippen LogP contribution >= 0.6 is 0 Å². The lowest BCUT2D eigenvalue weighted by atomic mass is 9.94. The van der Waals surface area contributed by atoms with E-state index in [1.165, 1.54) is 12.8 Å². The summed E-state index contributed by atoms with van der Waals surface area (Å²) in [6, 6.07) is 0. The van der Waals surface area contributed by atoms with Crippen molar-refractivity contribution in [3.63, 3.8) is 0 Å². The number of amides is 1. The summed E-state index contributed by atoms with van der Waals surface area (Å²) >= 11 is 0. The molecule has 2 N–H and O–H groups in total. The molecule has 0 fully saturated rings. The van der Waals surface area contributed by atoms with E-state index in [4.69, 9.17) is 0 Å². The van der Waals surface area contributed by atoms with E-state index in [0.717, 1.165) is 13.0 Å². The molecule has 0 saturated carbocycles. The Kier molecular flexibility index (Phi) is 5.78. The molecule has 0 heterocycles. The van der Waals surface area contributed by atoms with Crippen LogP contribution in [0.15, 0.2) is 24.8 Å². The first kappa shape index (κ1) is 12.0. The van der Waals surface area contributed by atoms with Crippen LogP contribution in [0, 0.1) is 5.92 Å². The van der Waals surface area contributed by atoms with Crippen LogP contribution in [0.25, 0.3) is 0 Å². The molecule has 0 saturated heterocycles. The van der Waals surface area contributed by atoms with E-state index in [-0.39, 0.29) is 5.91 Å². The van der Waals surface area contributed by atoms with E-state index >= 15 is 0 Å². The molecule has 0 radical (unpaired) electrons. The van der Waals surface area contributed by atoms with Gasteiger partial charge in [0.05, 0.1) is 6.54 Å². The van der Waals surface area contributed by atoms with Crippen LogP contribution in [0.4, 0.5) is 0 Å². The SMILES string of the molecule is C=CCNC(=O)CNCC1CC=CCC1. The van der Waals surface area contributed by atoms with Gasteiger partial charge in [-0.3, -0.25) is 4.79 Å². The highest BCUT2D eigenvalue weighted by molar-refractivity contribution is 5.78. The molecular formula is C12H20N2O. The Hall–Kier alpha value is -1.09. The Bertz CT molecular complexity index is 236. The molecule has 0 aromatic heterocycles. The predicted molar refractivity (Wildman–Crippen MR) is 62.6 cm³/mol. The lowest BCUT2D eigenvalue weighted by molar-refractivity contribution is -0.120. The maximum absolute atomic E-state index is 11.2. The Morgan fingerprint density at radius 1 is 1.53 bits per heavy atom. The van der Waals surface area contributed by atoms with Gasteiger partial charge in [0.1, 0.15) is 0 Å². The summed E-state index contributed by atoms with van der Waals surface area (Å²) in [7, 11) is 0. The van der Waals surface area contributed by atoms with Crippen LogP contribution in [0.2, 0.25) is 0 Å². The summed E-state index contributed by atoms with van der Waals surface area (Å²) in [6.45, 7) is 5.44. The van der Waals surface area contributed by atoms with Crippen molar-refractivity contribution in [1.29, 1.82) is 0 Å². The molecule has 15 heavy (non-hydrogen) atoms. The minimum absolute atomic E-state index is 0.0428. The fourth-order valence-corrected chi connectivity index (χ4v) is 1.68. The van der Waals surface area contributed by atoms with Crippen LogP contribution in [0.1, 0.15) is 19.3 Å². The topological polar surface area (TPSA) is 41.1 Å². The summed E-state index contributed by atoms with van der Waals surface area (Å²) in [4.78, 5) is 11.2. The van der Waals surface area contributed by atoms with Crippen LogP contribution in [0.5, 0.6) is 0 Å². The third-order valence-corrected chi connectivity index (χ3v) is 2.54. The minimum Gasteiger partial charge on any atom is -0.352 e. The second kappa shape index (κ2) is 7.23. The smallest absolute Gasteiger partial charge is 0.234 e. The van der Waals surface area contributed by atoms with Crippen molar-refractivity contribution in [3.8, 4) is 0 Å². The second-order valence-corrected chi connectivity index (χ2v) is 3.87. The number of hydrogen-bond donors (Lipinski definition) is 2. The summed E-state index contributed by atoms with van der Waals surface area (Å²) in [6.07, 6.45) is 9.69. The van der Waals surface area contributed by atoms with E-state index in [0.29, 0.717) is 19.0 Å². The van der Waals surface area contributed by atoms with Crippen LogP contribution < -0.4 is 10.6 Å². The van der Waals surface area contributed by atoms with Crippen LogP contribution in [-0.2, 0) is 4.79 Å². The van der Waals surface area contributed by atoms with Crippen molar-refractivity contribution < 1.29 is 4.79 Å². The number of nitrogens with one attached hydrogen (secondary N) is 2. The highest BCUT2D eigenvalue weighted by atomic mass is 16.1. The standard InChI is InChI=1S/C12H20N2O/c1-2-8-14-12(15)10-13-9-11-6-4-3-5-7-11/h2-4,11,13H,1,5-10H2,(H,14,15). The third kappa shape index (κ3) is 5.37. The van der Waals surface area contributed by atoms with E-state index in [2.05, 4.69) is 29.4 Å². The summed E-state index contributed by atoms with van der Waals surface area (Å²) in [5.74, 6) is 0.739. The average molecular weight is 208 g/mol. The molecule has 1 atom stereocenters. The maximum Gasteiger partial charge on any atom is 0.234 e. The first-order chi connectivity index (χ1) is 7.33. The molecule has 3 nitrogen and oxygen atoms in total. The fraction of sp³-hybridized carbons (Fsp3) is 0.583. The third-order valence-electron chi connectivity index (χ3n) is 2.54. The normalized spacial score (nSPS) is 19.9. The molecular weight excluding hydrogens is 188 g/mol. The maximum atomic E-state index is 11.2. The van der Waals surface area contributed by atoms with Crippen LogP contribution in [0.3, 0.4) is 0 Å². The highest BCUT2D eigenvalue weighted by Gasteiger charge is 2.09. The van der Waals surface area contributed by atoms with Gasteiger partial charge in [0.2, 0.25) is 5.91 Å². The summed E-state index contributed by atoms with van der Waals surface area (Å²) in [5.41, 5.74) is 0. The van der Waals surface area contributed by atoms with Gasteiger partial charge in [-0.15, -0.1) is 6.58 Å². The van der Waals surface area contributed by atoms with Crippen molar-refractivity contribution in [1.82, 2.24) is 10.6 Å². The molecule has 1 aliphatic carbocycles. The highest BCUT2D eigenvalue weighted by Crippen LogP contribution is 2.16. The lowest BCUT2D eigenvalue weighted by Gasteiger charge is -2.17. The first-order valence-electron chi connectivity index (χ1n) is 5.56. The van der Waals surface area contributed by atoms with Gasteiger partial charge in [-0.05, 0) is 31.7 Å². The largest absolute Gasteiger partial charge is 0.352 e. The number of carbonyl (C=O) groups excluding carboxylic acids is 1. The van der Waals surface area contributed by atoms with Gasteiger partial charge in [-0.25, -0.2) is 0 Å². The van der Waals surface area contributed by atoms with E-state index < -0.39 is 0 Å². The second-order valence-electron chi connectivity index (χ2n) is 3.87. The van der Waals surface area contributed by atoms with Crippen molar-refractivity contribution in [2.45, 2.75) is 19.3 Å². The number of hydrogen-bond acceptors (Lipinski definition) is 2. The van der Waals surface area contributed by atoms with Gasteiger partial charge in [-0.1, -0.05) is 18.2 Å². The van der Waals surface area contributed by atoms with Gasteiger partial charge in [0.15, 0.2) is 0 Å². The van der Waals surface area contributed by atoms with Crippen molar-refractivity contribution in [3.05, 3.63) is 24.8 Å². The van der Waals surface area contributed by atoms with E-state index in [1.807, 2.05) is 0 Å². The number of carbonyl (C=O) groups is 1. The molecule has 1 amide bonds. The number of allylic oxidation sites excluding steroid dienone is 2. The van der Waals surface area contributed by atoms with Crippen molar-refractivity contribution in [2.75, 3.05) is 19.6 Å². The molecule has 0 bridgehead atoms. The zero-order valence-electron chi connectivity index (χ0n) is 9.17. The molecule has 1 aliphatic rings. The molecule has 0 aromatic rings. The van der Waals surface area contributed by atoms with Crippen molar-refractivity contribution >= 4 is 5.91 Å². The molecule has 3 heteroatoms. The minimum atomic E-state index is 0.0428. The van der Waals surface area contributed by atoms with Gasteiger partial charge in [0.25, 0.3) is 0 Å². The summed E-state index contributed by atoms with van der Waals surface area (Å²) < 4.78 is 0.